The number of alkyl halides is 3. The Kier molecular flexibility index (Phi) is 4.49. The Morgan fingerprint density at radius 2 is 2.26 bits per heavy atom. The van der Waals surface area contributed by atoms with Crippen molar-refractivity contribution < 1.29 is 21.5 Å². The molecule has 2 unspecified atom stereocenters. The van der Waals surface area contributed by atoms with Gasteiger partial charge in [-0.05, 0) is 19.3 Å². The number of hydrogen-bond acceptors (Lipinski definition) is 4. The van der Waals surface area contributed by atoms with Gasteiger partial charge in [0.2, 0.25) is 0 Å². The summed E-state index contributed by atoms with van der Waals surface area (Å²) in [5.74, 6) is 0. The zero-order chi connectivity index (χ0) is 14.1. The summed E-state index contributed by atoms with van der Waals surface area (Å²) in [6.45, 7) is 4.56. The minimum absolute atomic E-state index is 0.0849. The predicted octanol–water partition coefficient (Wildman–Crippen LogP) is 3.68. The molecule has 0 spiro atoms. The second-order valence-corrected chi connectivity index (χ2v) is 5.80. The maximum atomic E-state index is 12.3. The molecule has 2 atom stereocenters. The van der Waals surface area contributed by atoms with Gasteiger partial charge < -0.3 is 0 Å². The molecule has 19 heavy (non-hydrogen) atoms. The molecule has 0 N–H and O–H groups in total. The van der Waals surface area contributed by atoms with E-state index in [1.165, 1.54) is 7.11 Å². The van der Waals surface area contributed by atoms with Crippen molar-refractivity contribution in [1.29, 1.82) is 0 Å². The van der Waals surface area contributed by atoms with Gasteiger partial charge >= 0.3 is 6.18 Å². The third kappa shape index (κ3) is 3.45. The van der Waals surface area contributed by atoms with Crippen LogP contribution in [0, 0.1) is 0 Å². The number of rotatable bonds is 5. The largest absolute Gasteiger partial charge is 0.389 e. The standard InChI is InChI=1S/C12H18F3NO2S/c1-9-7-11(18-19-17-2)5-3-10(16(11)8-9)4-6-12(13,14)15/h10H,1,3-8H2,2H3. The van der Waals surface area contributed by atoms with Crippen LogP contribution in [0.2, 0.25) is 0 Å². The molecule has 0 aromatic rings. The van der Waals surface area contributed by atoms with Crippen LogP contribution in [0.4, 0.5) is 13.2 Å². The Morgan fingerprint density at radius 3 is 2.89 bits per heavy atom. The summed E-state index contributed by atoms with van der Waals surface area (Å²) in [7, 11) is 1.51. The average molecular weight is 297 g/mol. The average Bonchev–Trinajstić information content (AvgIpc) is 2.78. The van der Waals surface area contributed by atoms with Crippen molar-refractivity contribution in [3.8, 4) is 0 Å². The summed E-state index contributed by atoms with van der Waals surface area (Å²) in [5.41, 5.74) is 0.488. The molecule has 0 aromatic carbocycles. The van der Waals surface area contributed by atoms with Crippen LogP contribution >= 0.6 is 12.3 Å². The summed E-state index contributed by atoms with van der Waals surface area (Å²) >= 11 is 0.895. The van der Waals surface area contributed by atoms with Gasteiger partial charge in [-0.3, -0.25) is 13.3 Å². The zero-order valence-corrected chi connectivity index (χ0v) is 11.6. The first-order chi connectivity index (χ1) is 8.86. The van der Waals surface area contributed by atoms with E-state index >= 15 is 0 Å². The number of fused-ring (bicyclic) bond motifs is 1. The van der Waals surface area contributed by atoms with Crippen molar-refractivity contribution in [3.05, 3.63) is 12.2 Å². The van der Waals surface area contributed by atoms with E-state index in [2.05, 4.69) is 6.58 Å². The van der Waals surface area contributed by atoms with Crippen molar-refractivity contribution in [2.45, 2.75) is 50.0 Å². The van der Waals surface area contributed by atoms with Crippen LogP contribution in [0.25, 0.3) is 0 Å². The molecule has 7 heteroatoms. The third-order valence-electron chi connectivity index (χ3n) is 3.77. The SMILES string of the molecule is C=C1CN2C(CCC(F)(F)F)CCC2(OSOC)C1. The number of hydrogen-bond donors (Lipinski definition) is 0. The fourth-order valence-corrected chi connectivity index (χ4v) is 3.45. The highest BCUT2D eigenvalue weighted by atomic mass is 32.2. The normalized spacial score (nSPS) is 32.0. The van der Waals surface area contributed by atoms with E-state index in [0.29, 0.717) is 13.0 Å². The summed E-state index contributed by atoms with van der Waals surface area (Å²) in [5, 5.41) is 0. The maximum absolute atomic E-state index is 12.3. The molecular formula is C12H18F3NO2S. The molecule has 0 aliphatic carbocycles. The van der Waals surface area contributed by atoms with Crippen LogP contribution in [0.5, 0.6) is 0 Å². The Morgan fingerprint density at radius 1 is 1.53 bits per heavy atom. The minimum Gasteiger partial charge on any atom is -0.295 e. The Labute approximate surface area is 115 Å². The van der Waals surface area contributed by atoms with E-state index in [4.69, 9.17) is 8.37 Å². The molecule has 0 aromatic heterocycles. The molecule has 0 radical (unpaired) electrons. The van der Waals surface area contributed by atoms with E-state index in [0.717, 1.165) is 30.7 Å². The topological polar surface area (TPSA) is 21.7 Å². The van der Waals surface area contributed by atoms with E-state index in [9.17, 15) is 13.2 Å². The van der Waals surface area contributed by atoms with Crippen molar-refractivity contribution in [3.63, 3.8) is 0 Å². The second kappa shape index (κ2) is 5.63. The van der Waals surface area contributed by atoms with Gasteiger partial charge in [0.15, 0.2) is 12.3 Å². The van der Waals surface area contributed by atoms with E-state index in [1.54, 1.807) is 0 Å². The quantitative estimate of drug-likeness (QED) is 0.570. The molecule has 2 aliphatic heterocycles. The molecule has 2 rings (SSSR count). The fraction of sp³-hybridized carbons (Fsp3) is 0.833. The lowest BCUT2D eigenvalue weighted by molar-refractivity contribution is -0.139. The lowest BCUT2D eigenvalue weighted by Crippen LogP contribution is -2.43. The van der Waals surface area contributed by atoms with Gasteiger partial charge in [0.1, 0.15) is 5.72 Å². The fourth-order valence-electron chi connectivity index (χ4n) is 3.02. The predicted molar refractivity (Wildman–Crippen MR) is 67.2 cm³/mol. The van der Waals surface area contributed by atoms with Crippen molar-refractivity contribution in [2.75, 3.05) is 13.7 Å². The van der Waals surface area contributed by atoms with Gasteiger partial charge in [-0.25, -0.2) is 0 Å². The zero-order valence-electron chi connectivity index (χ0n) is 10.8. The Balaban J connectivity index is 2.00. The molecule has 0 saturated carbocycles. The van der Waals surface area contributed by atoms with Crippen LogP contribution in [0.15, 0.2) is 12.2 Å². The van der Waals surface area contributed by atoms with Crippen molar-refractivity contribution >= 4 is 12.3 Å². The van der Waals surface area contributed by atoms with Crippen LogP contribution in [0.1, 0.15) is 32.1 Å². The van der Waals surface area contributed by atoms with E-state index < -0.39 is 18.3 Å². The highest BCUT2D eigenvalue weighted by Crippen LogP contribution is 2.48. The lowest BCUT2D eigenvalue weighted by Gasteiger charge is -2.33. The van der Waals surface area contributed by atoms with Crippen molar-refractivity contribution in [1.82, 2.24) is 4.90 Å². The highest BCUT2D eigenvalue weighted by Gasteiger charge is 2.52. The Bertz CT molecular complexity index is 350. The molecule has 0 bridgehead atoms. The molecule has 2 fully saturated rings. The first-order valence-corrected chi connectivity index (χ1v) is 6.92. The first kappa shape index (κ1) is 15.2. The third-order valence-corrected chi connectivity index (χ3v) is 4.29. The van der Waals surface area contributed by atoms with Gasteiger partial charge in [-0.2, -0.15) is 13.2 Å². The molecule has 2 saturated heterocycles. The number of nitrogens with zero attached hydrogens (tertiary/aromatic N) is 1. The van der Waals surface area contributed by atoms with Crippen LogP contribution in [-0.2, 0) is 8.37 Å². The first-order valence-electron chi connectivity index (χ1n) is 6.25. The van der Waals surface area contributed by atoms with Crippen LogP contribution in [-0.4, -0.2) is 36.5 Å². The van der Waals surface area contributed by atoms with Gasteiger partial charge in [0, 0.05) is 25.4 Å². The summed E-state index contributed by atoms with van der Waals surface area (Å²) < 4.78 is 47.5. The monoisotopic (exact) mass is 297 g/mol. The molecule has 3 nitrogen and oxygen atoms in total. The molecule has 2 heterocycles. The minimum atomic E-state index is -4.09. The molecule has 110 valence electrons. The van der Waals surface area contributed by atoms with Gasteiger partial charge in [-0.15, -0.1) is 0 Å². The summed E-state index contributed by atoms with van der Waals surface area (Å²) in [4.78, 5) is 2.02. The van der Waals surface area contributed by atoms with Crippen LogP contribution < -0.4 is 0 Å². The van der Waals surface area contributed by atoms with Gasteiger partial charge in [0.25, 0.3) is 0 Å². The van der Waals surface area contributed by atoms with E-state index in [-0.39, 0.29) is 12.5 Å². The Hall–Kier alpha value is -0.240. The lowest BCUT2D eigenvalue weighted by atomic mass is 10.0. The second-order valence-electron chi connectivity index (χ2n) is 5.17. The van der Waals surface area contributed by atoms with Crippen molar-refractivity contribution in [2.24, 2.45) is 0 Å². The molecule has 0 amide bonds. The maximum Gasteiger partial charge on any atom is 0.389 e. The number of halogens is 3. The van der Waals surface area contributed by atoms with Crippen LogP contribution in [0.3, 0.4) is 0 Å². The molecular weight excluding hydrogens is 279 g/mol. The summed E-state index contributed by atoms with van der Waals surface area (Å²) in [6.07, 6.45) is -2.58. The summed E-state index contributed by atoms with van der Waals surface area (Å²) in [6, 6.07) is -0.0849. The molecule has 2 aliphatic rings. The highest BCUT2D eigenvalue weighted by molar-refractivity contribution is 7.89. The van der Waals surface area contributed by atoms with E-state index in [1.807, 2.05) is 4.90 Å². The van der Waals surface area contributed by atoms with Gasteiger partial charge in [-0.1, -0.05) is 12.2 Å². The van der Waals surface area contributed by atoms with Gasteiger partial charge in [0.05, 0.1) is 7.11 Å². The smallest absolute Gasteiger partial charge is 0.295 e.